The maximum atomic E-state index is 11.2. The Balaban J connectivity index is 0.00000225. The number of aliphatic hydroxyl groups is 1. The van der Waals surface area contributed by atoms with E-state index in [1.54, 1.807) is 0 Å². The third-order valence-electron chi connectivity index (χ3n) is 1.69. The molecule has 88 valence electrons. The average Bonchev–Trinajstić information content (AvgIpc) is 2.26. The topological polar surface area (TPSA) is 83.8 Å². The van der Waals surface area contributed by atoms with Gasteiger partial charge in [0.1, 0.15) is 6.61 Å². The van der Waals surface area contributed by atoms with Crippen LogP contribution in [0.4, 0.5) is 0 Å². The summed E-state index contributed by atoms with van der Waals surface area (Å²) >= 11 is 0. The van der Waals surface area contributed by atoms with E-state index >= 15 is 0 Å². The average molecular weight is 266 g/mol. The second kappa shape index (κ2) is 7.00. The number of carbonyl (C=O) groups excluding carboxylic acids is 1. The van der Waals surface area contributed by atoms with Crippen LogP contribution in [-0.4, -0.2) is 35.4 Å². The summed E-state index contributed by atoms with van der Waals surface area (Å²) in [5.41, 5.74) is 0.363. The quantitative estimate of drug-likeness (QED) is 0.613. The first-order valence-electron chi connectivity index (χ1n) is 4.26. The molecule has 1 rings (SSSR count). The van der Waals surface area contributed by atoms with Gasteiger partial charge in [-0.15, -0.1) is 0 Å². The van der Waals surface area contributed by atoms with Crippen molar-refractivity contribution in [2.45, 2.75) is 0 Å². The first kappa shape index (κ1) is 14.6. The summed E-state index contributed by atoms with van der Waals surface area (Å²) in [6.07, 6.45) is 0. The van der Waals surface area contributed by atoms with Crippen molar-refractivity contribution in [3.8, 4) is 0 Å². The molecule has 0 aliphatic rings. The van der Waals surface area contributed by atoms with Crippen LogP contribution in [0, 0.1) is 0 Å². The standard InChI is InChI=1S/C10H10O5.Fe/c11-5-6-15-10(14)8-3-1-7(2-4-8)9(12)13;/h1-4,11H,5-6H2,(H,12,13);. The summed E-state index contributed by atoms with van der Waals surface area (Å²) in [7, 11) is 0. The normalized spacial score (nSPS) is 9.06. The molecule has 0 heterocycles. The molecule has 1 aromatic rings. The van der Waals surface area contributed by atoms with Crippen LogP contribution in [0.1, 0.15) is 20.7 Å². The molecule has 1 aromatic carbocycles. The fourth-order valence-corrected chi connectivity index (χ4v) is 0.971. The molecule has 0 atom stereocenters. The van der Waals surface area contributed by atoms with Crippen molar-refractivity contribution in [3.05, 3.63) is 35.4 Å². The van der Waals surface area contributed by atoms with Crippen LogP contribution in [0.15, 0.2) is 24.3 Å². The van der Waals surface area contributed by atoms with E-state index in [0.29, 0.717) is 0 Å². The molecule has 16 heavy (non-hydrogen) atoms. The number of carbonyl (C=O) groups is 2. The zero-order valence-electron chi connectivity index (χ0n) is 8.20. The Morgan fingerprint density at radius 1 is 1.12 bits per heavy atom. The molecule has 0 fully saturated rings. The Labute approximate surface area is 103 Å². The van der Waals surface area contributed by atoms with Gasteiger partial charge >= 0.3 is 11.9 Å². The number of ether oxygens (including phenoxy) is 1. The molecule has 0 unspecified atom stereocenters. The van der Waals surface area contributed by atoms with Gasteiger partial charge < -0.3 is 14.9 Å². The Morgan fingerprint density at radius 2 is 1.62 bits per heavy atom. The number of benzene rings is 1. The number of carboxylic acids is 1. The smallest absolute Gasteiger partial charge is 0.338 e. The fourth-order valence-electron chi connectivity index (χ4n) is 0.971. The zero-order valence-corrected chi connectivity index (χ0v) is 9.30. The number of rotatable bonds is 4. The second-order valence-corrected chi connectivity index (χ2v) is 2.74. The summed E-state index contributed by atoms with van der Waals surface area (Å²) in [5.74, 6) is -1.63. The summed E-state index contributed by atoms with van der Waals surface area (Å²) < 4.78 is 4.64. The van der Waals surface area contributed by atoms with E-state index in [4.69, 9.17) is 10.2 Å². The van der Waals surface area contributed by atoms with E-state index in [1.165, 1.54) is 24.3 Å². The Morgan fingerprint density at radius 3 is 2.06 bits per heavy atom. The summed E-state index contributed by atoms with van der Waals surface area (Å²) in [6, 6.07) is 5.36. The van der Waals surface area contributed by atoms with Gasteiger partial charge in [0.05, 0.1) is 17.7 Å². The second-order valence-electron chi connectivity index (χ2n) is 2.74. The largest absolute Gasteiger partial charge is 0.478 e. The van der Waals surface area contributed by atoms with Gasteiger partial charge in [0.25, 0.3) is 0 Å². The molecule has 5 nitrogen and oxygen atoms in total. The third kappa shape index (κ3) is 4.02. The van der Waals surface area contributed by atoms with Crippen molar-refractivity contribution in [1.29, 1.82) is 0 Å². The summed E-state index contributed by atoms with van der Waals surface area (Å²) in [6.45, 7) is -0.307. The Bertz CT molecular complexity index is 360. The minimum absolute atomic E-state index is 0. The number of esters is 1. The maximum Gasteiger partial charge on any atom is 0.338 e. The van der Waals surface area contributed by atoms with Crippen molar-refractivity contribution in [3.63, 3.8) is 0 Å². The van der Waals surface area contributed by atoms with E-state index in [0.717, 1.165) is 0 Å². The first-order chi connectivity index (χ1) is 7.15. The van der Waals surface area contributed by atoms with Crippen LogP contribution in [0.5, 0.6) is 0 Å². The van der Waals surface area contributed by atoms with E-state index in [9.17, 15) is 9.59 Å². The van der Waals surface area contributed by atoms with Crippen molar-refractivity contribution in [2.24, 2.45) is 0 Å². The molecule has 0 saturated carbocycles. The van der Waals surface area contributed by atoms with Crippen molar-refractivity contribution < 1.29 is 41.6 Å². The number of hydrogen-bond donors (Lipinski definition) is 2. The molecular weight excluding hydrogens is 256 g/mol. The van der Waals surface area contributed by atoms with Crippen LogP contribution >= 0.6 is 0 Å². The van der Waals surface area contributed by atoms with Crippen LogP contribution in [0.25, 0.3) is 0 Å². The van der Waals surface area contributed by atoms with Gasteiger partial charge in [-0.3, -0.25) is 0 Å². The minimum Gasteiger partial charge on any atom is -0.478 e. The molecular formula is C10H10FeO5. The molecule has 6 heteroatoms. The van der Waals surface area contributed by atoms with E-state index in [1.807, 2.05) is 0 Å². The minimum atomic E-state index is -1.05. The van der Waals surface area contributed by atoms with Crippen molar-refractivity contribution in [2.75, 3.05) is 13.2 Å². The molecule has 0 aliphatic heterocycles. The van der Waals surface area contributed by atoms with Gasteiger partial charge in [0.15, 0.2) is 0 Å². The van der Waals surface area contributed by atoms with E-state index < -0.39 is 11.9 Å². The van der Waals surface area contributed by atoms with E-state index in [2.05, 4.69) is 4.74 Å². The maximum absolute atomic E-state index is 11.2. The predicted molar refractivity (Wildman–Crippen MR) is 50.8 cm³/mol. The fraction of sp³-hybridized carbons (Fsp3) is 0.200. The number of aliphatic hydroxyl groups excluding tert-OH is 1. The first-order valence-corrected chi connectivity index (χ1v) is 4.26. The monoisotopic (exact) mass is 266 g/mol. The van der Waals surface area contributed by atoms with Crippen LogP contribution in [0.2, 0.25) is 0 Å². The van der Waals surface area contributed by atoms with Gasteiger partial charge in [0, 0.05) is 17.1 Å². The van der Waals surface area contributed by atoms with Gasteiger partial charge in [-0.25, -0.2) is 9.59 Å². The molecule has 0 radical (unpaired) electrons. The van der Waals surface area contributed by atoms with Crippen molar-refractivity contribution >= 4 is 11.9 Å². The summed E-state index contributed by atoms with van der Waals surface area (Å²) in [5, 5.41) is 17.0. The Kier molecular flexibility index (Phi) is 6.41. The summed E-state index contributed by atoms with van der Waals surface area (Å²) in [4.78, 5) is 21.7. The molecule has 0 bridgehead atoms. The molecule has 0 amide bonds. The zero-order chi connectivity index (χ0) is 11.3. The van der Waals surface area contributed by atoms with Crippen LogP contribution in [0.3, 0.4) is 0 Å². The number of aromatic carboxylic acids is 1. The number of hydrogen-bond acceptors (Lipinski definition) is 4. The molecule has 0 saturated heterocycles. The van der Waals surface area contributed by atoms with Crippen LogP contribution in [-0.2, 0) is 21.8 Å². The molecule has 0 aromatic heterocycles. The van der Waals surface area contributed by atoms with E-state index in [-0.39, 0.29) is 41.4 Å². The SMILES string of the molecule is O=C(O)c1ccc(C(=O)OCCO)cc1.[Fe]. The molecule has 2 N–H and O–H groups in total. The third-order valence-corrected chi connectivity index (χ3v) is 1.69. The predicted octanol–water partition coefficient (Wildman–Crippen LogP) is 0.531. The van der Waals surface area contributed by atoms with Gasteiger partial charge in [-0.2, -0.15) is 0 Å². The van der Waals surface area contributed by atoms with Gasteiger partial charge in [0.2, 0.25) is 0 Å². The Hall–Kier alpha value is -1.36. The molecule has 0 spiro atoms. The van der Waals surface area contributed by atoms with Gasteiger partial charge in [-0.1, -0.05) is 0 Å². The van der Waals surface area contributed by atoms with Crippen molar-refractivity contribution in [1.82, 2.24) is 0 Å². The molecule has 0 aliphatic carbocycles. The number of carboxylic acid groups (broad SMARTS) is 1. The van der Waals surface area contributed by atoms with Crippen LogP contribution < -0.4 is 0 Å². The van der Waals surface area contributed by atoms with Gasteiger partial charge in [-0.05, 0) is 24.3 Å².